The fourth-order valence-corrected chi connectivity index (χ4v) is 2.24. The van der Waals surface area contributed by atoms with Crippen molar-refractivity contribution in [2.75, 3.05) is 6.54 Å². The van der Waals surface area contributed by atoms with Gasteiger partial charge in [-0.2, -0.15) is 11.3 Å². The summed E-state index contributed by atoms with van der Waals surface area (Å²) in [5, 5.41) is 3.99. The summed E-state index contributed by atoms with van der Waals surface area (Å²) in [6.07, 6.45) is -0.262. The van der Waals surface area contributed by atoms with Gasteiger partial charge in [0.25, 0.3) is 0 Å². The van der Waals surface area contributed by atoms with Gasteiger partial charge in [0, 0.05) is 18.2 Å². The number of benzene rings is 1. The van der Waals surface area contributed by atoms with Crippen LogP contribution in [0.3, 0.4) is 0 Å². The van der Waals surface area contributed by atoms with E-state index in [-0.39, 0.29) is 11.1 Å². The van der Waals surface area contributed by atoms with Crippen LogP contribution in [0.1, 0.15) is 11.7 Å². The lowest BCUT2D eigenvalue weighted by molar-refractivity contribution is 0.214. The summed E-state index contributed by atoms with van der Waals surface area (Å²) in [4.78, 5) is 0. The molecule has 1 unspecified atom stereocenters. The van der Waals surface area contributed by atoms with Gasteiger partial charge in [0.05, 0.1) is 5.02 Å². The van der Waals surface area contributed by atoms with Crippen LogP contribution in [-0.4, -0.2) is 6.54 Å². The molecule has 0 aliphatic heterocycles. The van der Waals surface area contributed by atoms with Gasteiger partial charge < -0.3 is 10.5 Å². The lowest BCUT2D eigenvalue weighted by Gasteiger charge is -2.16. The molecule has 0 aliphatic carbocycles. The molecule has 2 N–H and O–H groups in total. The van der Waals surface area contributed by atoms with E-state index in [1.54, 1.807) is 17.4 Å². The standard InChI is InChI=1S/C12H11ClFNOS/c13-10-2-1-9(5-11(10)14)16-12(6-15)8-3-4-17-7-8/h1-5,7,12H,6,15H2. The van der Waals surface area contributed by atoms with E-state index in [1.807, 2.05) is 16.8 Å². The Balaban J connectivity index is 2.16. The Morgan fingerprint density at radius 2 is 2.24 bits per heavy atom. The van der Waals surface area contributed by atoms with Crippen molar-refractivity contribution in [2.24, 2.45) is 5.73 Å². The fourth-order valence-electron chi connectivity index (χ4n) is 1.42. The van der Waals surface area contributed by atoms with Gasteiger partial charge >= 0.3 is 0 Å². The molecule has 0 radical (unpaired) electrons. The van der Waals surface area contributed by atoms with E-state index < -0.39 is 5.82 Å². The molecule has 1 atom stereocenters. The van der Waals surface area contributed by atoms with Gasteiger partial charge in [-0.05, 0) is 29.0 Å². The van der Waals surface area contributed by atoms with Crippen LogP contribution < -0.4 is 10.5 Å². The van der Waals surface area contributed by atoms with E-state index in [4.69, 9.17) is 22.1 Å². The number of halogens is 2. The number of thiophene rings is 1. The van der Waals surface area contributed by atoms with E-state index >= 15 is 0 Å². The van der Waals surface area contributed by atoms with Crippen molar-refractivity contribution >= 4 is 22.9 Å². The summed E-state index contributed by atoms with van der Waals surface area (Å²) in [5.74, 6) is -0.0705. The smallest absolute Gasteiger partial charge is 0.145 e. The Kier molecular flexibility index (Phi) is 3.99. The number of hydrogen-bond acceptors (Lipinski definition) is 3. The van der Waals surface area contributed by atoms with Crippen LogP contribution >= 0.6 is 22.9 Å². The first-order valence-corrected chi connectivity index (χ1v) is 6.36. The normalized spacial score (nSPS) is 12.4. The lowest BCUT2D eigenvalue weighted by atomic mass is 10.2. The lowest BCUT2D eigenvalue weighted by Crippen LogP contribution is -2.17. The Morgan fingerprint density at radius 1 is 1.41 bits per heavy atom. The van der Waals surface area contributed by atoms with Gasteiger partial charge in [-0.25, -0.2) is 4.39 Å². The molecule has 1 aromatic heterocycles. The highest BCUT2D eigenvalue weighted by molar-refractivity contribution is 7.07. The number of nitrogens with two attached hydrogens (primary N) is 1. The first-order valence-electron chi connectivity index (χ1n) is 5.04. The molecule has 0 spiro atoms. The zero-order valence-electron chi connectivity index (χ0n) is 8.90. The fraction of sp³-hybridized carbons (Fsp3) is 0.167. The second kappa shape index (κ2) is 5.49. The zero-order chi connectivity index (χ0) is 12.3. The maximum atomic E-state index is 13.2. The average molecular weight is 272 g/mol. The summed E-state index contributed by atoms with van der Waals surface area (Å²) in [6.45, 7) is 0.334. The maximum Gasteiger partial charge on any atom is 0.145 e. The minimum absolute atomic E-state index is 0.0807. The van der Waals surface area contributed by atoms with Crippen LogP contribution in [0.4, 0.5) is 4.39 Å². The molecule has 1 aromatic carbocycles. The van der Waals surface area contributed by atoms with Crippen molar-refractivity contribution in [3.8, 4) is 5.75 Å². The van der Waals surface area contributed by atoms with Gasteiger partial charge in [0.15, 0.2) is 0 Å². The minimum atomic E-state index is -0.495. The Hall–Kier alpha value is -1.10. The molecule has 0 bridgehead atoms. The van der Waals surface area contributed by atoms with Crippen LogP contribution in [0.2, 0.25) is 5.02 Å². The van der Waals surface area contributed by atoms with Crippen molar-refractivity contribution < 1.29 is 9.13 Å². The molecule has 90 valence electrons. The van der Waals surface area contributed by atoms with Gasteiger partial charge in [0.2, 0.25) is 0 Å². The molecule has 0 fully saturated rings. The van der Waals surface area contributed by atoms with Gasteiger partial charge in [-0.15, -0.1) is 0 Å². The van der Waals surface area contributed by atoms with E-state index in [2.05, 4.69) is 0 Å². The zero-order valence-corrected chi connectivity index (χ0v) is 10.5. The third kappa shape index (κ3) is 2.97. The molecule has 5 heteroatoms. The first kappa shape index (κ1) is 12.4. The van der Waals surface area contributed by atoms with E-state index in [0.29, 0.717) is 12.3 Å². The molecule has 0 amide bonds. The van der Waals surface area contributed by atoms with Crippen molar-refractivity contribution in [3.63, 3.8) is 0 Å². The second-order valence-corrected chi connectivity index (χ2v) is 4.66. The highest BCUT2D eigenvalue weighted by Gasteiger charge is 2.12. The molecule has 2 aromatic rings. The summed E-state index contributed by atoms with van der Waals surface area (Å²) < 4.78 is 18.9. The predicted octanol–water partition coefficient (Wildman–Crippen LogP) is 3.62. The van der Waals surface area contributed by atoms with Crippen LogP contribution in [0, 0.1) is 5.82 Å². The molecule has 17 heavy (non-hydrogen) atoms. The quantitative estimate of drug-likeness (QED) is 0.922. The Morgan fingerprint density at radius 3 is 2.82 bits per heavy atom. The minimum Gasteiger partial charge on any atom is -0.484 e. The maximum absolute atomic E-state index is 13.2. The van der Waals surface area contributed by atoms with Crippen molar-refractivity contribution in [2.45, 2.75) is 6.10 Å². The number of rotatable bonds is 4. The van der Waals surface area contributed by atoms with Crippen LogP contribution in [0.25, 0.3) is 0 Å². The van der Waals surface area contributed by atoms with E-state index in [9.17, 15) is 4.39 Å². The average Bonchev–Trinajstić information content (AvgIpc) is 2.84. The molecule has 1 heterocycles. The van der Waals surface area contributed by atoms with Crippen molar-refractivity contribution in [3.05, 3.63) is 51.4 Å². The SMILES string of the molecule is NCC(Oc1ccc(Cl)c(F)c1)c1ccsc1. The predicted molar refractivity (Wildman–Crippen MR) is 68.2 cm³/mol. The second-order valence-electron chi connectivity index (χ2n) is 3.47. The van der Waals surface area contributed by atoms with Crippen molar-refractivity contribution in [1.29, 1.82) is 0 Å². The van der Waals surface area contributed by atoms with Crippen LogP contribution in [-0.2, 0) is 0 Å². The topological polar surface area (TPSA) is 35.2 Å². The highest BCUT2D eigenvalue weighted by Crippen LogP contribution is 2.26. The molecule has 0 saturated heterocycles. The van der Waals surface area contributed by atoms with Gasteiger partial charge in [-0.1, -0.05) is 11.6 Å². The van der Waals surface area contributed by atoms with E-state index in [1.165, 1.54) is 12.1 Å². The molecule has 0 aliphatic rings. The van der Waals surface area contributed by atoms with Gasteiger partial charge in [0.1, 0.15) is 17.7 Å². The molecule has 0 saturated carbocycles. The summed E-state index contributed by atoms with van der Waals surface area (Å²) in [5.41, 5.74) is 6.63. The van der Waals surface area contributed by atoms with Gasteiger partial charge in [-0.3, -0.25) is 0 Å². The number of hydrogen-bond donors (Lipinski definition) is 1. The monoisotopic (exact) mass is 271 g/mol. The van der Waals surface area contributed by atoms with E-state index in [0.717, 1.165) is 5.56 Å². The summed E-state index contributed by atoms with van der Waals surface area (Å²) >= 11 is 7.17. The molecule has 2 rings (SSSR count). The van der Waals surface area contributed by atoms with Crippen LogP contribution in [0.5, 0.6) is 5.75 Å². The third-order valence-corrected chi connectivity index (χ3v) is 3.31. The largest absolute Gasteiger partial charge is 0.484 e. The summed E-state index contributed by atoms with van der Waals surface area (Å²) in [7, 11) is 0. The number of ether oxygens (including phenoxy) is 1. The molecule has 2 nitrogen and oxygen atoms in total. The Labute approximate surface area is 108 Å². The van der Waals surface area contributed by atoms with Crippen molar-refractivity contribution in [1.82, 2.24) is 0 Å². The third-order valence-electron chi connectivity index (χ3n) is 2.30. The Bertz CT molecular complexity index is 489. The highest BCUT2D eigenvalue weighted by atomic mass is 35.5. The summed E-state index contributed by atoms with van der Waals surface area (Å²) in [6, 6.07) is 6.29. The molecular formula is C12H11ClFNOS. The van der Waals surface area contributed by atoms with Crippen LogP contribution in [0.15, 0.2) is 35.0 Å². The first-order chi connectivity index (χ1) is 8.20. The molecular weight excluding hydrogens is 261 g/mol.